The summed E-state index contributed by atoms with van der Waals surface area (Å²) in [5.74, 6) is 0. The van der Waals surface area contributed by atoms with Gasteiger partial charge in [-0.2, -0.15) is 0 Å². The Morgan fingerprint density at radius 3 is 1.31 bits per heavy atom. The minimum Gasteiger partial charge on any atom is -0.354 e. The highest BCUT2D eigenvalue weighted by Crippen LogP contribution is 2.06. The highest BCUT2D eigenvalue weighted by molar-refractivity contribution is 7.81. The van der Waals surface area contributed by atoms with Gasteiger partial charge in [-0.15, -0.1) is 0 Å². The van der Waals surface area contributed by atoms with Gasteiger partial charge in [0.25, 0.3) is 0 Å². The van der Waals surface area contributed by atoms with Crippen molar-refractivity contribution in [2.24, 2.45) is 0 Å². The van der Waals surface area contributed by atoms with Gasteiger partial charge in [-0.3, -0.25) is 0 Å². The van der Waals surface area contributed by atoms with Crippen LogP contribution in [0.2, 0.25) is 0 Å². The summed E-state index contributed by atoms with van der Waals surface area (Å²) in [4.78, 5) is 3.78. The topological polar surface area (TPSA) is 13.0 Å². The molecule has 94 valence electrons. The summed E-state index contributed by atoms with van der Waals surface area (Å²) in [6, 6.07) is 0. The van der Waals surface area contributed by atoms with Crippen LogP contribution in [0.3, 0.4) is 0 Å². The first-order valence-corrected chi connectivity index (χ1v) is 6.15. The predicted molar refractivity (Wildman–Crippen MR) is 77.3 cm³/mol. The number of nitrogens with zero attached hydrogens (tertiary/aromatic N) is 4. The minimum atomic E-state index is 0.711. The van der Waals surface area contributed by atoms with Crippen molar-refractivity contribution in [2.45, 2.75) is 13.8 Å². The van der Waals surface area contributed by atoms with Crippen molar-refractivity contribution >= 4 is 34.7 Å². The average Bonchev–Trinajstić information content (AvgIpc) is 2.23. The van der Waals surface area contributed by atoms with E-state index >= 15 is 0 Å². The summed E-state index contributed by atoms with van der Waals surface area (Å²) in [5, 5.41) is 5.44. The molecule has 0 fully saturated rings. The molecule has 0 aromatic rings. The molecule has 0 bridgehead atoms. The Hall–Kier alpha value is -0.460. The van der Waals surface area contributed by atoms with Gasteiger partial charge in [0, 0.05) is 41.3 Å². The van der Waals surface area contributed by atoms with Gasteiger partial charge in [0.15, 0.2) is 10.2 Å². The van der Waals surface area contributed by atoms with E-state index in [1.807, 2.05) is 43.0 Å². The first-order chi connectivity index (χ1) is 7.36. The van der Waals surface area contributed by atoms with Crippen LogP contribution in [0.15, 0.2) is 0 Å². The van der Waals surface area contributed by atoms with Gasteiger partial charge in [-0.25, -0.2) is 10.0 Å². The van der Waals surface area contributed by atoms with Gasteiger partial charge >= 0.3 is 0 Å². The van der Waals surface area contributed by atoms with E-state index in [1.165, 1.54) is 0 Å². The van der Waals surface area contributed by atoms with E-state index in [0.717, 1.165) is 13.1 Å². The van der Waals surface area contributed by atoms with Crippen LogP contribution in [-0.2, 0) is 0 Å². The fourth-order valence-electron chi connectivity index (χ4n) is 1.21. The second-order valence-electron chi connectivity index (χ2n) is 3.80. The van der Waals surface area contributed by atoms with Crippen LogP contribution in [0.1, 0.15) is 13.8 Å². The van der Waals surface area contributed by atoms with Gasteiger partial charge in [-0.1, -0.05) is 13.8 Å². The lowest BCUT2D eigenvalue weighted by Crippen LogP contribution is -2.56. The molecular weight excluding hydrogens is 240 g/mol. The van der Waals surface area contributed by atoms with E-state index in [4.69, 9.17) is 24.4 Å². The standard InChI is InChI=1S/C10H22N4S2/c1-7-13(8-2)14(9(15)11(3)4)10(16)12(5)6/h7-8H2,1-6H3. The lowest BCUT2D eigenvalue weighted by atomic mass is 10.6. The van der Waals surface area contributed by atoms with Crippen molar-refractivity contribution in [1.29, 1.82) is 0 Å². The van der Waals surface area contributed by atoms with Gasteiger partial charge in [0.2, 0.25) is 0 Å². The van der Waals surface area contributed by atoms with Crippen molar-refractivity contribution in [2.75, 3.05) is 41.3 Å². The molecule has 0 rings (SSSR count). The maximum atomic E-state index is 5.40. The molecule has 0 unspecified atom stereocenters. The van der Waals surface area contributed by atoms with Crippen LogP contribution in [0.4, 0.5) is 0 Å². The maximum absolute atomic E-state index is 5.40. The van der Waals surface area contributed by atoms with Gasteiger partial charge in [0.1, 0.15) is 0 Å². The highest BCUT2D eigenvalue weighted by atomic mass is 32.1. The first kappa shape index (κ1) is 15.5. The molecule has 0 amide bonds. The van der Waals surface area contributed by atoms with E-state index in [9.17, 15) is 0 Å². The fraction of sp³-hybridized carbons (Fsp3) is 0.800. The average molecular weight is 262 g/mol. The zero-order valence-electron chi connectivity index (χ0n) is 11.0. The van der Waals surface area contributed by atoms with Crippen LogP contribution in [0.5, 0.6) is 0 Å². The maximum Gasteiger partial charge on any atom is 0.192 e. The lowest BCUT2D eigenvalue weighted by Gasteiger charge is -2.39. The Morgan fingerprint density at radius 1 is 0.812 bits per heavy atom. The van der Waals surface area contributed by atoms with E-state index in [0.29, 0.717) is 10.2 Å². The highest BCUT2D eigenvalue weighted by Gasteiger charge is 2.22. The fourth-order valence-corrected chi connectivity index (χ4v) is 1.67. The molecule has 0 aliphatic rings. The summed E-state index contributed by atoms with van der Waals surface area (Å²) in [7, 11) is 7.71. The monoisotopic (exact) mass is 262 g/mol. The van der Waals surface area contributed by atoms with Crippen LogP contribution in [-0.4, -0.2) is 71.3 Å². The van der Waals surface area contributed by atoms with Crippen LogP contribution >= 0.6 is 24.4 Å². The quantitative estimate of drug-likeness (QED) is 0.557. The summed E-state index contributed by atoms with van der Waals surface area (Å²) >= 11 is 10.8. The molecule has 0 heterocycles. The van der Waals surface area contributed by atoms with E-state index in [-0.39, 0.29) is 0 Å². The Labute approximate surface area is 110 Å². The zero-order chi connectivity index (χ0) is 12.9. The second-order valence-corrected chi connectivity index (χ2v) is 4.54. The molecule has 0 N–H and O–H groups in total. The lowest BCUT2D eigenvalue weighted by molar-refractivity contribution is 0.111. The summed E-state index contributed by atoms with van der Waals surface area (Å²) < 4.78 is 0. The first-order valence-electron chi connectivity index (χ1n) is 5.34. The summed E-state index contributed by atoms with van der Waals surface area (Å²) in [6.45, 7) is 5.93. The Kier molecular flexibility index (Phi) is 6.78. The van der Waals surface area contributed by atoms with E-state index in [1.54, 1.807) is 0 Å². The number of hydrazine groups is 1. The van der Waals surface area contributed by atoms with Gasteiger partial charge in [-0.05, 0) is 24.4 Å². The molecule has 16 heavy (non-hydrogen) atoms. The molecule has 0 aromatic heterocycles. The smallest absolute Gasteiger partial charge is 0.192 e. The third-order valence-corrected chi connectivity index (χ3v) is 3.22. The molecule has 0 aliphatic carbocycles. The van der Waals surface area contributed by atoms with Crippen molar-refractivity contribution in [1.82, 2.24) is 19.8 Å². The molecule has 0 saturated carbocycles. The van der Waals surface area contributed by atoms with Crippen molar-refractivity contribution in [3.63, 3.8) is 0 Å². The number of rotatable bonds is 3. The third kappa shape index (κ3) is 3.84. The van der Waals surface area contributed by atoms with E-state index < -0.39 is 0 Å². The minimum absolute atomic E-state index is 0.711. The van der Waals surface area contributed by atoms with E-state index in [2.05, 4.69) is 18.9 Å². The molecule has 0 atom stereocenters. The van der Waals surface area contributed by atoms with Gasteiger partial charge < -0.3 is 9.80 Å². The normalized spacial score (nSPS) is 10.2. The van der Waals surface area contributed by atoms with Crippen LogP contribution < -0.4 is 0 Å². The molecule has 0 aliphatic heterocycles. The van der Waals surface area contributed by atoms with Crippen molar-refractivity contribution in [3.8, 4) is 0 Å². The van der Waals surface area contributed by atoms with Crippen molar-refractivity contribution in [3.05, 3.63) is 0 Å². The second kappa shape index (κ2) is 6.98. The Morgan fingerprint density at radius 2 is 1.12 bits per heavy atom. The zero-order valence-corrected chi connectivity index (χ0v) is 12.7. The van der Waals surface area contributed by atoms with Crippen LogP contribution in [0, 0.1) is 0 Å². The summed E-state index contributed by atoms with van der Waals surface area (Å²) in [5.41, 5.74) is 0. The SMILES string of the molecule is CCN(CC)N(C(=S)N(C)C)C(=S)N(C)C. The molecule has 0 spiro atoms. The van der Waals surface area contributed by atoms with Crippen molar-refractivity contribution < 1.29 is 0 Å². The number of hydrogen-bond acceptors (Lipinski definition) is 3. The molecule has 0 radical (unpaired) electrons. The Balaban J connectivity index is 5.04. The largest absolute Gasteiger partial charge is 0.354 e. The number of thiocarbonyl (C=S) groups is 2. The molecule has 6 heteroatoms. The summed E-state index contributed by atoms with van der Waals surface area (Å²) in [6.07, 6.45) is 0. The molecule has 4 nitrogen and oxygen atoms in total. The third-order valence-electron chi connectivity index (χ3n) is 2.14. The molecule has 0 saturated heterocycles. The van der Waals surface area contributed by atoms with Crippen LogP contribution in [0.25, 0.3) is 0 Å². The van der Waals surface area contributed by atoms with Gasteiger partial charge in [0.05, 0.1) is 0 Å². The molecular formula is C10H22N4S2. The number of hydrogen-bond donors (Lipinski definition) is 0. The predicted octanol–water partition coefficient (Wildman–Crippen LogP) is 1.24. The Bertz CT molecular complexity index is 229. The molecule has 0 aromatic carbocycles.